The van der Waals surface area contributed by atoms with E-state index in [0.717, 1.165) is 21.9 Å². The number of hydrogen-bond donors (Lipinski definition) is 1. The van der Waals surface area contributed by atoms with E-state index in [1.165, 1.54) is 24.1 Å². The molecule has 0 radical (unpaired) electrons. The first-order valence-electron chi connectivity index (χ1n) is 13.4. The number of methoxy groups -OCH3 is 1. The second-order valence-electron chi connectivity index (χ2n) is 9.81. The summed E-state index contributed by atoms with van der Waals surface area (Å²) < 4.78 is 34.4. The van der Waals surface area contributed by atoms with E-state index in [2.05, 4.69) is 5.32 Å². The number of nitrogens with zero attached hydrogens (tertiary/aromatic N) is 2. The largest absolute Gasteiger partial charge is 0.495 e. The fourth-order valence-corrected chi connectivity index (χ4v) is 5.65. The summed E-state index contributed by atoms with van der Waals surface area (Å²) in [5, 5.41) is 2.94. The van der Waals surface area contributed by atoms with Crippen LogP contribution in [0.25, 0.3) is 0 Å². The van der Waals surface area contributed by atoms with Gasteiger partial charge in [-0.2, -0.15) is 0 Å². The molecule has 0 heterocycles. The number of anilines is 1. The van der Waals surface area contributed by atoms with Crippen LogP contribution in [0.15, 0.2) is 83.8 Å². The molecule has 0 saturated heterocycles. The number of amides is 2. The molecule has 0 unspecified atom stereocenters. The highest BCUT2D eigenvalue weighted by Gasteiger charge is 2.33. The van der Waals surface area contributed by atoms with Crippen molar-refractivity contribution in [2.24, 2.45) is 0 Å². The molecule has 8 nitrogen and oxygen atoms in total. The smallest absolute Gasteiger partial charge is 0.264 e. The molecule has 2 amide bonds. The van der Waals surface area contributed by atoms with Gasteiger partial charge in [-0.05, 0) is 63.4 Å². The average Bonchev–Trinajstić information content (AvgIpc) is 2.96. The molecule has 1 N–H and O–H groups in total. The third-order valence-electron chi connectivity index (χ3n) is 6.89. The van der Waals surface area contributed by atoms with Gasteiger partial charge in [0.25, 0.3) is 10.0 Å². The van der Waals surface area contributed by atoms with Crippen LogP contribution in [0.4, 0.5) is 5.69 Å². The molecule has 0 saturated carbocycles. The van der Waals surface area contributed by atoms with Crippen LogP contribution in [-0.2, 0) is 26.0 Å². The summed E-state index contributed by atoms with van der Waals surface area (Å²) in [5.74, 6) is -0.477. The number of rotatable bonds is 13. The molecule has 2 atom stereocenters. The van der Waals surface area contributed by atoms with Gasteiger partial charge in [-0.25, -0.2) is 8.42 Å². The van der Waals surface area contributed by atoms with Crippen molar-refractivity contribution in [3.05, 3.63) is 90.0 Å². The summed E-state index contributed by atoms with van der Waals surface area (Å²) in [5.41, 5.74) is 2.15. The van der Waals surface area contributed by atoms with Gasteiger partial charge in [0.2, 0.25) is 11.8 Å². The Labute approximate surface area is 238 Å². The molecule has 0 fully saturated rings. The molecular formula is C31H39N3O5S. The molecule has 0 aliphatic rings. The van der Waals surface area contributed by atoms with Gasteiger partial charge in [-0.1, -0.05) is 67.1 Å². The number of carbonyl (C=O) groups is 2. The van der Waals surface area contributed by atoms with Crippen molar-refractivity contribution in [2.45, 2.75) is 57.5 Å². The molecule has 3 rings (SSSR count). The number of carbonyl (C=O) groups excluding carboxylic acids is 2. The van der Waals surface area contributed by atoms with Gasteiger partial charge >= 0.3 is 0 Å². The van der Waals surface area contributed by atoms with Crippen LogP contribution in [-0.4, -0.2) is 57.4 Å². The highest BCUT2D eigenvalue weighted by molar-refractivity contribution is 7.92. The van der Waals surface area contributed by atoms with Crippen LogP contribution in [0.1, 0.15) is 38.3 Å². The summed E-state index contributed by atoms with van der Waals surface area (Å²) in [7, 11) is -2.71. The Morgan fingerprint density at radius 2 is 1.55 bits per heavy atom. The minimum Gasteiger partial charge on any atom is -0.495 e. The monoisotopic (exact) mass is 565 g/mol. The van der Waals surface area contributed by atoms with E-state index in [9.17, 15) is 18.0 Å². The Kier molecular flexibility index (Phi) is 10.7. The Hall–Kier alpha value is -3.85. The molecule has 0 spiro atoms. The molecular weight excluding hydrogens is 526 g/mol. The SMILES string of the molecule is CC[C@H](C)NC(=O)[C@@H](C)N(CCc1ccccc1)C(=O)CN(c1ccccc1OC)S(=O)(=O)c1ccc(C)cc1. The van der Waals surface area contributed by atoms with Crippen molar-refractivity contribution in [2.75, 3.05) is 24.5 Å². The Balaban J connectivity index is 2.01. The highest BCUT2D eigenvalue weighted by atomic mass is 32.2. The molecule has 0 aliphatic carbocycles. The van der Waals surface area contributed by atoms with E-state index in [1.807, 2.05) is 51.1 Å². The van der Waals surface area contributed by atoms with Crippen molar-refractivity contribution in [1.82, 2.24) is 10.2 Å². The van der Waals surface area contributed by atoms with E-state index >= 15 is 0 Å². The normalized spacial score (nSPS) is 12.7. The first kappa shape index (κ1) is 30.7. The summed E-state index contributed by atoms with van der Waals surface area (Å²) in [4.78, 5) is 28.6. The average molecular weight is 566 g/mol. The van der Waals surface area contributed by atoms with E-state index in [-0.39, 0.29) is 29.1 Å². The van der Waals surface area contributed by atoms with Crippen molar-refractivity contribution >= 4 is 27.5 Å². The number of ether oxygens (including phenoxy) is 1. The Morgan fingerprint density at radius 1 is 0.925 bits per heavy atom. The maximum absolute atomic E-state index is 14.0. The lowest BCUT2D eigenvalue weighted by molar-refractivity contribution is -0.139. The van der Waals surface area contributed by atoms with Gasteiger partial charge in [0, 0.05) is 12.6 Å². The third kappa shape index (κ3) is 7.63. The Morgan fingerprint density at radius 3 is 2.17 bits per heavy atom. The van der Waals surface area contributed by atoms with E-state index < -0.39 is 28.5 Å². The zero-order valence-corrected chi connectivity index (χ0v) is 24.6. The van der Waals surface area contributed by atoms with Crippen molar-refractivity contribution in [1.29, 1.82) is 0 Å². The lowest BCUT2D eigenvalue weighted by Gasteiger charge is -2.32. The topological polar surface area (TPSA) is 96.0 Å². The van der Waals surface area contributed by atoms with E-state index in [1.54, 1.807) is 43.3 Å². The standard InChI is InChI=1S/C31H39N3O5S/c1-6-24(3)32-31(36)25(4)33(21-20-26-12-8-7-9-13-26)30(35)22-34(28-14-10-11-15-29(28)39-5)40(37,38)27-18-16-23(2)17-19-27/h7-19,24-25H,6,20-22H2,1-5H3,(H,32,36)/t24-,25+/m0/s1. The van der Waals surface area contributed by atoms with Gasteiger partial charge < -0.3 is 15.0 Å². The number of sulfonamides is 1. The second-order valence-corrected chi connectivity index (χ2v) is 11.7. The van der Waals surface area contributed by atoms with Gasteiger partial charge in [0.15, 0.2) is 0 Å². The molecule has 40 heavy (non-hydrogen) atoms. The third-order valence-corrected chi connectivity index (χ3v) is 8.67. The molecule has 0 aliphatic heterocycles. The molecule has 0 bridgehead atoms. The first-order chi connectivity index (χ1) is 19.1. The van der Waals surface area contributed by atoms with Crippen LogP contribution >= 0.6 is 0 Å². The molecule has 9 heteroatoms. The summed E-state index contributed by atoms with van der Waals surface area (Å²) >= 11 is 0. The molecule has 214 valence electrons. The minimum atomic E-state index is -4.16. The zero-order chi connectivity index (χ0) is 29.3. The highest BCUT2D eigenvalue weighted by Crippen LogP contribution is 2.32. The number of benzene rings is 3. The maximum Gasteiger partial charge on any atom is 0.264 e. The molecule has 0 aromatic heterocycles. The fourth-order valence-electron chi connectivity index (χ4n) is 4.22. The second kappa shape index (κ2) is 14.0. The number of hydrogen-bond acceptors (Lipinski definition) is 5. The van der Waals surface area contributed by atoms with Crippen molar-refractivity contribution in [3.8, 4) is 5.75 Å². The van der Waals surface area contributed by atoms with Crippen LogP contribution in [0.5, 0.6) is 5.75 Å². The van der Waals surface area contributed by atoms with Crippen molar-refractivity contribution < 1.29 is 22.7 Å². The lowest BCUT2D eigenvalue weighted by Crippen LogP contribution is -2.53. The predicted molar refractivity (Wildman–Crippen MR) is 158 cm³/mol. The van der Waals surface area contributed by atoms with Gasteiger partial charge in [-0.3, -0.25) is 13.9 Å². The zero-order valence-electron chi connectivity index (χ0n) is 23.8. The minimum absolute atomic E-state index is 0.0511. The van der Waals surface area contributed by atoms with E-state index in [4.69, 9.17) is 4.74 Å². The number of para-hydroxylation sites is 2. The quantitative estimate of drug-likeness (QED) is 0.328. The fraction of sp³-hybridized carbons (Fsp3) is 0.355. The van der Waals surface area contributed by atoms with Crippen LogP contribution in [0.2, 0.25) is 0 Å². The van der Waals surface area contributed by atoms with Crippen LogP contribution < -0.4 is 14.4 Å². The van der Waals surface area contributed by atoms with Gasteiger partial charge in [0.1, 0.15) is 18.3 Å². The van der Waals surface area contributed by atoms with Gasteiger partial charge in [-0.15, -0.1) is 0 Å². The summed E-state index contributed by atoms with van der Waals surface area (Å²) in [6.07, 6.45) is 1.25. The van der Waals surface area contributed by atoms with E-state index in [0.29, 0.717) is 12.2 Å². The molecule has 3 aromatic carbocycles. The first-order valence-corrected chi connectivity index (χ1v) is 14.9. The Bertz CT molecular complexity index is 1380. The summed E-state index contributed by atoms with van der Waals surface area (Å²) in [6, 6.07) is 21.9. The van der Waals surface area contributed by atoms with Crippen LogP contribution in [0, 0.1) is 6.92 Å². The van der Waals surface area contributed by atoms with Crippen molar-refractivity contribution in [3.63, 3.8) is 0 Å². The predicted octanol–water partition coefficient (Wildman–Crippen LogP) is 4.57. The molecule has 3 aromatic rings. The number of nitrogens with one attached hydrogen (secondary N) is 1. The maximum atomic E-state index is 14.0. The number of aryl methyl sites for hydroxylation is 1. The van der Waals surface area contributed by atoms with Crippen LogP contribution in [0.3, 0.4) is 0 Å². The lowest BCUT2D eigenvalue weighted by atomic mass is 10.1. The van der Waals surface area contributed by atoms with Gasteiger partial charge in [0.05, 0.1) is 17.7 Å². The summed E-state index contributed by atoms with van der Waals surface area (Å²) in [6.45, 7) is 7.14.